The molecule has 0 spiro atoms. The first-order chi connectivity index (χ1) is 16.6. The van der Waals surface area contributed by atoms with Gasteiger partial charge in [0.05, 0.1) is 5.69 Å². The highest BCUT2D eigenvalue weighted by Crippen LogP contribution is 2.29. The number of hydrogen-bond donors (Lipinski definition) is 1. The van der Waals surface area contributed by atoms with Crippen molar-refractivity contribution in [1.29, 1.82) is 0 Å². The molecule has 178 valence electrons. The number of hydrogen-bond acceptors (Lipinski definition) is 4. The van der Waals surface area contributed by atoms with Crippen molar-refractivity contribution in [2.24, 2.45) is 7.05 Å². The van der Waals surface area contributed by atoms with Crippen molar-refractivity contribution >= 4 is 22.3 Å². The Hall–Kier alpha value is -3.15. The maximum Gasteiger partial charge on any atom is 0.0722 e. The summed E-state index contributed by atoms with van der Waals surface area (Å²) in [5, 5.41) is 4.51. The van der Waals surface area contributed by atoms with Crippen LogP contribution in [0.1, 0.15) is 18.9 Å². The lowest BCUT2D eigenvalue weighted by molar-refractivity contribution is 0.279. The zero-order valence-electron chi connectivity index (χ0n) is 21.0. The molecule has 2 aromatic carbocycles. The van der Waals surface area contributed by atoms with Crippen molar-refractivity contribution in [2.45, 2.75) is 19.8 Å². The summed E-state index contributed by atoms with van der Waals surface area (Å²) in [6.45, 7) is 6.64. The quantitative estimate of drug-likeness (QED) is 0.325. The highest BCUT2D eigenvalue weighted by atomic mass is 15.1. The molecule has 0 fully saturated rings. The molecule has 0 saturated heterocycles. The molecule has 0 amide bonds. The van der Waals surface area contributed by atoms with Crippen molar-refractivity contribution in [2.75, 3.05) is 45.2 Å². The number of aromatic nitrogens is 2. The number of fused-ring (bicyclic) bond motifs is 1. The van der Waals surface area contributed by atoms with Crippen LogP contribution in [0.25, 0.3) is 22.2 Å². The molecule has 1 N–H and O–H groups in total. The zero-order valence-corrected chi connectivity index (χ0v) is 21.0. The molecule has 4 rings (SSSR count). The van der Waals surface area contributed by atoms with E-state index in [1.165, 1.54) is 28.6 Å². The topological polar surface area (TPSA) is 36.3 Å². The molecule has 2 heterocycles. The molecule has 0 saturated carbocycles. The van der Waals surface area contributed by atoms with Gasteiger partial charge in [0.1, 0.15) is 0 Å². The van der Waals surface area contributed by atoms with Gasteiger partial charge >= 0.3 is 0 Å². The molecule has 5 heteroatoms. The third kappa shape index (κ3) is 5.66. The van der Waals surface area contributed by atoms with Gasteiger partial charge in [0.2, 0.25) is 0 Å². The first-order valence-corrected chi connectivity index (χ1v) is 12.3. The van der Waals surface area contributed by atoms with E-state index in [0.29, 0.717) is 0 Å². The van der Waals surface area contributed by atoms with E-state index in [4.69, 9.17) is 0 Å². The Morgan fingerprint density at radius 1 is 0.912 bits per heavy atom. The summed E-state index contributed by atoms with van der Waals surface area (Å²) in [5.74, 6) is 0. The molecular weight excluding hydrogens is 418 g/mol. The Morgan fingerprint density at radius 2 is 1.71 bits per heavy atom. The van der Waals surface area contributed by atoms with Crippen molar-refractivity contribution in [3.8, 4) is 11.3 Å². The summed E-state index contributed by atoms with van der Waals surface area (Å²) in [6.07, 6.45) is 6.27. The monoisotopic (exact) mass is 455 g/mol. The summed E-state index contributed by atoms with van der Waals surface area (Å²) in [7, 11) is 6.21. The Morgan fingerprint density at radius 3 is 2.47 bits per heavy atom. The minimum atomic E-state index is 0.998. The van der Waals surface area contributed by atoms with Crippen LogP contribution in [-0.4, -0.2) is 54.7 Å². The van der Waals surface area contributed by atoms with Crippen LogP contribution in [0.3, 0.4) is 0 Å². The van der Waals surface area contributed by atoms with E-state index in [1.54, 1.807) is 0 Å². The second-order valence-electron chi connectivity index (χ2n) is 9.02. The SMILES string of the molecule is CCCN(CCNC)CCc1ccc(-c2cc(N(C)c3ccc4c(ccn4C)c3)ccn2)cc1. The maximum absolute atomic E-state index is 4.66. The van der Waals surface area contributed by atoms with Crippen LogP contribution in [0.15, 0.2) is 73.1 Å². The van der Waals surface area contributed by atoms with Crippen molar-refractivity contribution < 1.29 is 0 Å². The molecule has 0 atom stereocenters. The van der Waals surface area contributed by atoms with Gasteiger partial charge < -0.3 is 19.7 Å². The molecule has 0 unspecified atom stereocenters. The van der Waals surface area contributed by atoms with E-state index in [-0.39, 0.29) is 0 Å². The molecular formula is C29H37N5. The van der Waals surface area contributed by atoms with Crippen LogP contribution in [0, 0.1) is 0 Å². The maximum atomic E-state index is 4.66. The number of likely N-dealkylation sites (N-methyl/N-ethyl adjacent to an activating group) is 1. The normalized spacial score (nSPS) is 11.4. The van der Waals surface area contributed by atoms with Gasteiger partial charge in [-0.15, -0.1) is 0 Å². The number of nitrogens with one attached hydrogen (secondary N) is 1. The first-order valence-electron chi connectivity index (χ1n) is 12.3. The number of benzene rings is 2. The molecule has 0 aliphatic heterocycles. The fourth-order valence-electron chi connectivity index (χ4n) is 4.46. The third-order valence-electron chi connectivity index (χ3n) is 6.57. The fraction of sp³-hybridized carbons (Fsp3) is 0.345. The van der Waals surface area contributed by atoms with E-state index in [0.717, 1.165) is 49.5 Å². The summed E-state index contributed by atoms with van der Waals surface area (Å²) in [5.41, 5.74) is 7.06. The summed E-state index contributed by atoms with van der Waals surface area (Å²) < 4.78 is 2.15. The molecule has 34 heavy (non-hydrogen) atoms. The average Bonchev–Trinajstić information content (AvgIpc) is 3.25. The Bertz CT molecular complexity index is 1190. The molecule has 0 bridgehead atoms. The second kappa shape index (κ2) is 11.3. The van der Waals surface area contributed by atoms with Crippen LogP contribution in [0.2, 0.25) is 0 Å². The fourth-order valence-corrected chi connectivity index (χ4v) is 4.46. The zero-order chi connectivity index (χ0) is 23.9. The summed E-state index contributed by atoms with van der Waals surface area (Å²) in [4.78, 5) is 9.42. The van der Waals surface area contributed by atoms with Crippen LogP contribution in [0.4, 0.5) is 11.4 Å². The van der Waals surface area contributed by atoms with E-state index < -0.39 is 0 Å². The van der Waals surface area contributed by atoms with Crippen LogP contribution in [-0.2, 0) is 13.5 Å². The molecule has 0 aliphatic rings. The number of pyridine rings is 1. The van der Waals surface area contributed by atoms with E-state index in [9.17, 15) is 0 Å². The van der Waals surface area contributed by atoms with Crippen molar-refractivity contribution in [1.82, 2.24) is 19.8 Å². The first kappa shape index (κ1) is 24.0. The van der Waals surface area contributed by atoms with E-state index in [1.807, 2.05) is 13.2 Å². The van der Waals surface area contributed by atoms with Crippen LogP contribution >= 0.6 is 0 Å². The van der Waals surface area contributed by atoms with Crippen molar-refractivity contribution in [3.05, 3.63) is 78.6 Å². The van der Waals surface area contributed by atoms with Gasteiger partial charge in [-0.05, 0) is 68.4 Å². The van der Waals surface area contributed by atoms with E-state index in [2.05, 4.69) is 113 Å². The lowest BCUT2D eigenvalue weighted by Crippen LogP contribution is -2.33. The number of anilines is 2. The van der Waals surface area contributed by atoms with Gasteiger partial charge in [-0.25, -0.2) is 0 Å². The summed E-state index contributed by atoms with van der Waals surface area (Å²) >= 11 is 0. The predicted octanol–water partition coefficient (Wildman–Crippen LogP) is 5.48. The van der Waals surface area contributed by atoms with Crippen LogP contribution < -0.4 is 10.2 Å². The largest absolute Gasteiger partial charge is 0.351 e. The van der Waals surface area contributed by atoms with Crippen molar-refractivity contribution in [3.63, 3.8) is 0 Å². The summed E-state index contributed by atoms with van der Waals surface area (Å²) in [6, 6.07) is 21.9. The Balaban J connectivity index is 1.45. The smallest absolute Gasteiger partial charge is 0.0722 e. The highest BCUT2D eigenvalue weighted by Gasteiger charge is 2.09. The van der Waals surface area contributed by atoms with E-state index >= 15 is 0 Å². The van der Waals surface area contributed by atoms with Gasteiger partial charge in [0.25, 0.3) is 0 Å². The minimum Gasteiger partial charge on any atom is -0.351 e. The van der Waals surface area contributed by atoms with Gasteiger partial charge in [-0.2, -0.15) is 0 Å². The predicted molar refractivity (Wildman–Crippen MR) is 145 cm³/mol. The lowest BCUT2D eigenvalue weighted by Gasteiger charge is -2.21. The molecule has 0 aliphatic carbocycles. The number of nitrogens with zero attached hydrogens (tertiary/aromatic N) is 4. The number of aryl methyl sites for hydroxylation is 1. The van der Waals surface area contributed by atoms with Crippen LogP contribution in [0.5, 0.6) is 0 Å². The third-order valence-corrected chi connectivity index (χ3v) is 6.57. The van der Waals surface area contributed by atoms with Gasteiger partial charge in [0.15, 0.2) is 0 Å². The van der Waals surface area contributed by atoms with Gasteiger partial charge in [0, 0.05) is 74.0 Å². The second-order valence-corrected chi connectivity index (χ2v) is 9.02. The average molecular weight is 456 g/mol. The molecule has 4 aromatic rings. The molecule has 5 nitrogen and oxygen atoms in total. The van der Waals surface area contributed by atoms with Gasteiger partial charge in [-0.3, -0.25) is 4.98 Å². The lowest BCUT2D eigenvalue weighted by atomic mass is 10.1. The molecule has 2 aromatic heterocycles. The number of rotatable bonds is 11. The highest BCUT2D eigenvalue weighted by molar-refractivity contribution is 5.85. The Kier molecular flexibility index (Phi) is 7.99. The Labute approximate surface area is 204 Å². The molecule has 0 radical (unpaired) electrons. The van der Waals surface area contributed by atoms with Gasteiger partial charge in [-0.1, -0.05) is 31.2 Å². The minimum absolute atomic E-state index is 0.998. The standard InChI is InChI=1S/C29H37N5/c1-5-17-34(20-16-30-2)19-13-23-6-8-24(9-7-23)28-22-27(12-15-31-28)33(4)26-10-11-29-25(21-26)14-18-32(29)3/h6-12,14-15,18,21-22,30H,5,13,16-17,19-20H2,1-4H3.